The van der Waals surface area contributed by atoms with Crippen molar-refractivity contribution in [3.8, 4) is 11.5 Å². The molecule has 88 valence electrons. The molecule has 2 heterocycles. The summed E-state index contributed by atoms with van der Waals surface area (Å²) in [6.07, 6.45) is 1.71. The van der Waals surface area contributed by atoms with E-state index in [9.17, 15) is 0 Å². The molecule has 0 aliphatic heterocycles. The zero-order chi connectivity index (χ0) is 12.3. The third-order valence-corrected chi connectivity index (χ3v) is 3.54. The van der Waals surface area contributed by atoms with Gasteiger partial charge in [-0.05, 0) is 28.1 Å². The fourth-order valence-electron chi connectivity index (χ4n) is 1.37. The summed E-state index contributed by atoms with van der Waals surface area (Å²) in [7, 11) is 1.63. The lowest BCUT2D eigenvalue weighted by Crippen LogP contribution is -2.00. The van der Waals surface area contributed by atoms with Gasteiger partial charge in [-0.2, -0.15) is 0 Å². The van der Waals surface area contributed by atoms with Crippen LogP contribution in [0.15, 0.2) is 28.9 Å². The molecule has 4 nitrogen and oxygen atoms in total. The van der Waals surface area contributed by atoms with Crippen LogP contribution >= 0.6 is 28.1 Å². The average molecular weight is 312 g/mol. The Morgan fingerprint density at radius 3 is 2.94 bits per heavy atom. The zero-order valence-corrected chi connectivity index (χ0v) is 11.5. The van der Waals surface area contributed by atoms with Crippen LogP contribution in [-0.2, 0) is 11.3 Å². The summed E-state index contributed by atoms with van der Waals surface area (Å²) in [6, 6.07) is 5.63. The fraction of sp³-hybridized carbons (Fsp3) is 0.182. The largest absolute Gasteiger partial charge is 0.378 e. The highest BCUT2D eigenvalue weighted by atomic mass is 79.9. The molecule has 0 aromatic carbocycles. The summed E-state index contributed by atoms with van der Waals surface area (Å²) < 4.78 is 6.35. The van der Waals surface area contributed by atoms with E-state index in [0.717, 1.165) is 15.9 Å². The van der Waals surface area contributed by atoms with Gasteiger partial charge < -0.3 is 9.72 Å². The molecule has 2 aromatic heterocycles. The van der Waals surface area contributed by atoms with Gasteiger partial charge in [0.25, 0.3) is 0 Å². The minimum atomic E-state index is 0.437. The van der Waals surface area contributed by atoms with E-state index in [1.54, 1.807) is 13.3 Å². The van der Waals surface area contributed by atoms with Crippen LogP contribution in [0.1, 0.15) is 5.69 Å². The number of aromatic amines is 1. The molecule has 0 spiro atoms. The number of hydrogen-bond donors (Lipinski definition) is 1. The number of halogens is 1. The van der Waals surface area contributed by atoms with Gasteiger partial charge in [-0.1, -0.05) is 18.3 Å². The van der Waals surface area contributed by atoms with Crippen molar-refractivity contribution >= 4 is 28.1 Å². The van der Waals surface area contributed by atoms with Crippen molar-refractivity contribution in [2.45, 2.75) is 6.61 Å². The molecule has 1 N–H and O–H groups in total. The lowest BCUT2D eigenvalue weighted by molar-refractivity contribution is 0.181. The van der Waals surface area contributed by atoms with E-state index in [-0.39, 0.29) is 0 Å². The number of methoxy groups -OCH3 is 1. The van der Waals surface area contributed by atoms with Crippen molar-refractivity contribution in [3.05, 3.63) is 39.2 Å². The monoisotopic (exact) mass is 311 g/mol. The Bertz CT molecular complexity index is 571. The van der Waals surface area contributed by atoms with E-state index >= 15 is 0 Å². The number of ether oxygens (including phenoxy) is 1. The Morgan fingerprint density at radius 1 is 1.47 bits per heavy atom. The Kier molecular flexibility index (Phi) is 3.98. The Morgan fingerprint density at radius 2 is 2.29 bits per heavy atom. The molecule has 0 saturated heterocycles. The topological polar surface area (TPSA) is 50.8 Å². The highest BCUT2D eigenvalue weighted by Gasteiger charge is 2.08. The van der Waals surface area contributed by atoms with Crippen molar-refractivity contribution in [1.82, 2.24) is 15.0 Å². The highest BCUT2D eigenvalue weighted by Crippen LogP contribution is 2.20. The maximum Gasteiger partial charge on any atom is 0.157 e. The van der Waals surface area contributed by atoms with Gasteiger partial charge in [-0.15, -0.1) is 0 Å². The van der Waals surface area contributed by atoms with Crippen LogP contribution in [0.2, 0.25) is 0 Å². The minimum absolute atomic E-state index is 0.437. The van der Waals surface area contributed by atoms with Crippen molar-refractivity contribution in [1.29, 1.82) is 0 Å². The number of H-pyrrole nitrogens is 1. The zero-order valence-electron chi connectivity index (χ0n) is 9.11. The second-order valence-electron chi connectivity index (χ2n) is 3.33. The van der Waals surface area contributed by atoms with Crippen molar-refractivity contribution in [3.63, 3.8) is 0 Å². The van der Waals surface area contributed by atoms with Crippen LogP contribution in [0, 0.1) is 4.64 Å². The first-order chi connectivity index (χ1) is 8.22. The lowest BCUT2D eigenvalue weighted by Gasteiger charge is -2.07. The van der Waals surface area contributed by atoms with Crippen LogP contribution in [0.25, 0.3) is 11.5 Å². The van der Waals surface area contributed by atoms with E-state index in [1.165, 1.54) is 0 Å². The lowest BCUT2D eigenvalue weighted by atomic mass is 10.3. The van der Waals surface area contributed by atoms with Crippen LogP contribution in [0.3, 0.4) is 0 Å². The van der Waals surface area contributed by atoms with Crippen LogP contribution in [0.4, 0.5) is 0 Å². The van der Waals surface area contributed by atoms with E-state index < -0.39 is 0 Å². The molecule has 0 bridgehead atoms. The quantitative estimate of drug-likeness (QED) is 0.885. The number of nitrogens with one attached hydrogen (secondary N) is 1. The summed E-state index contributed by atoms with van der Waals surface area (Å²) in [4.78, 5) is 11.7. The van der Waals surface area contributed by atoms with Crippen LogP contribution in [0.5, 0.6) is 0 Å². The molecule has 0 amide bonds. The Labute approximate surface area is 112 Å². The van der Waals surface area contributed by atoms with E-state index in [4.69, 9.17) is 17.0 Å². The van der Waals surface area contributed by atoms with E-state index in [0.29, 0.717) is 17.1 Å². The number of pyridine rings is 1. The number of nitrogens with zero attached hydrogens (tertiary/aromatic N) is 2. The molecule has 0 saturated carbocycles. The fourth-order valence-corrected chi connectivity index (χ4v) is 1.89. The molecule has 0 fully saturated rings. The first-order valence-corrected chi connectivity index (χ1v) is 6.11. The summed E-state index contributed by atoms with van der Waals surface area (Å²) in [6.45, 7) is 0.437. The molecule has 2 aromatic rings. The van der Waals surface area contributed by atoms with Gasteiger partial charge in [-0.3, -0.25) is 4.98 Å². The minimum Gasteiger partial charge on any atom is -0.378 e. The third kappa shape index (κ3) is 2.77. The van der Waals surface area contributed by atoms with Gasteiger partial charge in [-0.25, -0.2) is 4.98 Å². The first-order valence-electron chi connectivity index (χ1n) is 4.91. The summed E-state index contributed by atoms with van der Waals surface area (Å²) in [5, 5.41) is 0. The highest BCUT2D eigenvalue weighted by molar-refractivity contribution is 9.10. The summed E-state index contributed by atoms with van der Waals surface area (Å²) in [5.74, 6) is 0.644. The second kappa shape index (κ2) is 5.48. The third-order valence-electron chi connectivity index (χ3n) is 2.13. The number of hydrogen-bond acceptors (Lipinski definition) is 4. The number of aromatic nitrogens is 3. The smallest absolute Gasteiger partial charge is 0.157 e. The van der Waals surface area contributed by atoms with Crippen molar-refractivity contribution in [2.75, 3.05) is 7.11 Å². The van der Waals surface area contributed by atoms with Gasteiger partial charge in [0.05, 0.1) is 16.8 Å². The molecule has 17 heavy (non-hydrogen) atoms. The predicted molar refractivity (Wildman–Crippen MR) is 71.1 cm³/mol. The molecule has 6 heteroatoms. The molecule has 0 radical (unpaired) electrons. The van der Waals surface area contributed by atoms with Crippen LogP contribution < -0.4 is 0 Å². The average Bonchev–Trinajstić information content (AvgIpc) is 2.36. The van der Waals surface area contributed by atoms with Gasteiger partial charge in [0, 0.05) is 13.3 Å². The number of rotatable bonds is 3. The maximum absolute atomic E-state index is 5.18. The van der Waals surface area contributed by atoms with Gasteiger partial charge >= 0.3 is 0 Å². The molecular formula is C11H10BrN3OS. The Hall–Kier alpha value is -1.11. The van der Waals surface area contributed by atoms with Crippen molar-refractivity contribution < 1.29 is 4.74 Å². The second-order valence-corrected chi connectivity index (χ2v) is 4.51. The molecule has 2 rings (SSSR count). The molecule has 0 aliphatic carbocycles. The summed E-state index contributed by atoms with van der Waals surface area (Å²) >= 11 is 8.57. The van der Waals surface area contributed by atoms with E-state index in [2.05, 4.69) is 30.9 Å². The van der Waals surface area contributed by atoms with Gasteiger partial charge in [0.15, 0.2) is 5.82 Å². The molecule has 0 unspecified atom stereocenters. The SMILES string of the molecule is COCc1[nH]c(-c2ccccn2)nc(=S)c1Br. The first kappa shape index (κ1) is 12.3. The molecule has 0 atom stereocenters. The van der Waals surface area contributed by atoms with E-state index in [1.807, 2.05) is 18.2 Å². The van der Waals surface area contributed by atoms with Crippen LogP contribution in [-0.4, -0.2) is 22.1 Å². The molecular weight excluding hydrogens is 302 g/mol. The predicted octanol–water partition coefficient (Wildman–Crippen LogP) is 3.11. The summed E-state index contributed by atoms with van der Waals surface area (Å²) in [5.41, 5.74) is 1.61. The van der Waals surface area contributed by atoms with Gasteiger partial charge in [0.1, 0.15) is 10.3 Å². The maximum atomic E-state index is 5.18. The Balaban J connectivity index is 2.53. The molecule has 0 aliphatic rings. The normalized spacial score (nSPS) is 10.5. The van der Waals surface area contributed by atoms with Gasteiger partial charge in [0.2, 0.25) is 0 Å². The standard InChI is InChI=1S/C11H10BrN3OS/c1-16-6-8-9(12)11(17)15-10(14-8)7-4-2-3-5-13-7/h2-5H,6H2,1H3,(H,14,15,17). The van der Waals surface area contributed by atoms with Crippen molar-refractivity contribution in [2.24, 2.45) is 0 Å².